The Morgan fingerprint density at radius 1 is 1.47 bits per heavy atom. The van der Waals surface area contributed by atoms with Crippen molar-refractivity contribution in [3.63, 3.8) is 0 Å². The van der Waals surface area contributed by atoms with Gasteiger partial charge in [0.2, 0.25) is 0 Å². The standard InChI is InChI=1S/C12H15NOS/c1-3-12(8-13)15(14)9-11-7-5-4-6-10(11)2/h4-7,12H,3,9H2,1-2H3. The van der Waals surface area contributed by atoms with E-state index in [2.05, 4.69) is 6.07 Å². The zero-order valence-corrected chi connectivity index (χ0v) is 9.88. The third kappa shape index (κ3) is 3.17. The highest BCUT2D eigenvalue weighted by atomic mass is 32.2. The number of rotatable bonds is 4. The van der Waals surface area contributed by atoms with Crippen molar-refractivity contribution in [2.75, 3.05) is 0 Å². The number of hydrogen-bond donors (Lipinski definition) is 0. The molecular weight excluding hydrogens is 206 g/mol. The predicted octanol–water partition coefficient (Wildman–Crippen LogP) is 2.55. The maximum atomic E-state index is 11.8. The monoisotopic (exact) mass is 221 g/mol. The molecule has 0 saturated heterocycles. The topological polar surface area (TPSA) is 40.9 Å². The molecule has 0 heterocycles. The molecule has 2 unspecified atom stereocenters. The van der Waals surface area contributed by atoms with Crippen LogP contribution >= 0.6 is 0 Å². The van der Waals surface area contributed by atoms with Crippen LogP contribution in [0.1, 0.15) is 24.5 Å². The van der Waals surface area contributed by atoms with Crippen molar-refractivity contribution < 1.29 is 4.21 Å². The van der Waals surface area contributed by atoms with Crippen LogP contribution < -0.4 is 0 Å². The van der Waals surface area contributed by atoms with Crippen LogP contribution in [0.4, 0.5) is 0 Å². The van der Waals surface area contributed by atoms with Crippen molar-refractivity contribution in [2.45, 2.75) is 31.3 Å². The molecule has 0 aliphatic heterocycles. The lowest BCUT2D eigenvalue weighted by atomic mass is 10.1. The van der Waals surface area contributed by atoms with Gasteiger partial charge in [0.15, 0.2) is 0 Å². The van der Waals surface area contributed by atoms with E-state index >= 15 is 0 Å². The van der Waals surface area contributed by atoms with Crippen molar-refractivity contribution in [2.24, 2.45) is 0 Å². The van der Waals surface area contributed by atoms with Gasteiger partial charge in [0.25, 0.3) is 0 Å². The normalized spacial score (nSPS) is 14.2. The van der Waals surface area contributed by atoms with E-state index in [1.165, 1.54) is 0 Å². The second-order valence-corrected chi connectivity index (χ2v) is 5.10. The molecule has 1 aromatic rings. The lowest BCUT2D eigenvalue weighted by Gasteiger charge is -2.08. The number of hydrogen-bond acceptors (Lipinski definition) is 2. The summed E-state index contributed by atoms with van der Waals surface area (Å²) in [5.41, 5.74) is 2.21. The minimum absolute atomic E-state index is 0.343. The Labute approximate surface area is 93.4 Å². The molecule has 2 atom stereocenters. The van der Waals surface area contributed by atoms with Gasteiger partial charge >= 0.3 is 0 Å². The highest BCUT2D eigenvalue weighted by Crippen LogP contribution is 2.13. The molecule has 0 fully saturated rings. The summed E-state index contributed by atoms with van der Waals surface area (Å²) in [6, 6.07) is 9.96. The summed E-state index contributed by atoms with van der Waals surface area (Å²) in [5.74, 6) is 0.485. The van der Waals surface area contributed by atoms with Crippen LogP contribution in [0.5, 0.6) is 0 Å². The number of aryl methyl sites for hydroxylation is 1. The SMILES string of the molecule is CCC(C#N)S(=O)Cc1ccccc1C. The van der Waals surface area contributed by atoms with Crippen molar-refractivity contribution in [1.29, 1.82) is 5.26 Å². The van der Waals surface area contributed by atoms with Crippen LogP contribution in [0.25, 0.3) is 0 Å². The fourth-order valence-corrected chi connectivity index (χ4v) is 2.68. The molecule has 0 aliphatic carbocycles. The van der Waals surface area contributed by atoms with Gasteiger partial charge in [-0.05, 0) is 24.5 Å². The summed E-state index contributed by atoms with van der Waals surface area (Å²) in [7, 11) is -1.08. The molecular formula is C12H15NOS. The van der Waals surface area contributed by atoms with E-state index in [4.69, 9.17) is 5.26 Å². The van der Waals surface area contributed by atoms with E-state index in [9.17, 15) is 4.21 Å². The van der Waals surface area contributed by atoms with Crippen molar-refractivity contribution in [3.8, 4) is 6.07 Å². The maximum Gasteiger partial charge on any atom is 0.121 e. The van der Waals surface area contributed by atoms with Gasteiger partial charge in [0, 0.05) is 10.8 Å². The van der Waals surface area contributed by atoms with Gasteiger partial charge in [-0.2, -0.15) is 5.26 Å². The summed E-state index contributed by atoms with van der Waals surface area (Å²) in [5, 5.41) is 8.46. The predicted molar refractivity (Wildman–Crippen MR) is 62.7 cm³/mol. The van der Waals surface area contributed by atoms with Gasteiger partial charge < -0.3 is 0 Å². The van der Waals surface area contributed by atoms with Crippen LogP contribution in [0.3, 0.4) is 0 Å². The van der Waals surface area contributed by atoms with Crippen molar-refractivity contribution in [3.05, 3.63) is 35.4 Å². The second kappa shape index (κ2) is 5.67. The first kappa shape index (κ1) is 11.9. The Morgan fingerprint density at radius 3 is 2.67 bits per heavy atom. The van der Waals surface area contributed by atoms with Gasteiger partial charge in [-0.25, -0.2) is 0 Å². The molecule has 80 valence electrons. The molecule has 0 saturated carbocycles. The quantitative estimate of drug-likeness (QED) is 0.784. The van der Waals surface area contributed by atoms with Crippen LogP contribution in [0.2, 0.25) is 0 Å². The summed E-state index contributed by atoms with van der Waals surface area (Å²) in [6.07, 6.45) is 0.648. The van der Waals surface area contributed by atoms with E-state index in [1.54, 1.807) is 0 Å². The van der Waals surface area contributed by atoms with Crippen molar-refractivity contribution >= 4 is 10.8 Å². The number of nitriles is 1. The third-order valence-electron chi connectivity index (χ3n) is 2.39. The van der Waals surface area contributed by atoms with Gasteiger partial charge in [-0.15, -0.1) is 0 Å². The molecule has 1 aromatic carbocycles. The van der Waals surface area contributed by atoms with Crippen LogP contribution in [-0.4, -0.2) is 9.46 Å². The molecule has 0 spiro atoms. The largest absolute Gasteiger partial charge is 0.258 e. The Hall–Kier alpha value is -1.14. The molecule has 0 bridgehead atoms. The number of benzene rings is 1. The van der Waals surface area contributed by atoms with E-state index in [0.29, 0.717) is 12.2 Å². The Balaban J connectivity index is 2.75. The Bertz CT molecular complexity index is 395. The summed E-state index contributed by atoms with van der Waals surface area (Å²) < 4.78 is 11.8. The van der Waals surface area contributed by atoms with Crippen LogP contribution in [0, 0.1) is 18.3 Å². The van der Waals surface area contributed by atoms with Crippen molar-refractivity contribution in [1.82, 2.24) is 0 Å². The lowest BCUT2D eigenvalue weighted by molar-refractivity contribution is 0.675. The molecule has 1 rings (SSSR count). The molecule has 0 aromatic heterocycles. The van der Waals surface area contributed by atoms with E-state index in [1.807, 2.05) is 38.1 Å². The van der Waals surface area contributed by atoms with E-state index in [-0.39, 0.29) is 5.25 Å². The number of nitrogens with zero attached hydrogens (tertiary/aromatic N) is 1. The molecule has 0 amide bonds. The molecule has 2 nitrogen and oxygen atoms in total. The minimum atomic E-state index is -1.08. The Kier molecular flexibility index (Phi) is 4.51. The molecule has 0 radical (unpaired) electrons. The summed E-state index contributed by atoms with van der Waals surface area (Å²) in [4.78, 5) is 0. The third-order valence-corrected chi connectivity index (χ3v) is 4.06. The highest BCUT2D eigenvalue weighted by Gasteiger charge is 2.14. The van der Waals surface area contributed by atoms with Gasteiger partial charge in [-0.3, -0.25) is 4.21 Å². The van der Waals surface area contributed by atoms with Crippen LogP contribution in [0.15, 0.2) is 24.3 Å². The zero-order chi connectivity index (χ0) is 11.3. The maximum absolute atomic E-state index is 11.8. The summed E-state index contributed by atoms with van der Waals surface area (Å²) in [6.45, 7) is 3.89. The molecule has 0 N–H and O–H groups in total. The first-order valence-electron chi connectivity index (χ1n) is 5.00. The second-order valence-electron chi connectivity index (χ2n) is 3.48. The van der Waals surface area contributed by atoms with E-state index in [0.717, 1.165) is 11.1 Å². The lowest BCUT2D eigenvalue weighted by Crippen LogP contribution is -2.13. The Morgan fingerprint density at radius 2 is 2.13 bits per heavy atom. The summed E-state index contributed by atoms with van der Waals surface area (Å²) >= 11 is 0. The fraction of sp³-hybridized carbons (Fsp3) is 0.417. The van der Waals surface area contributed by atoms with Gasteiger partial charge in [-0.1, -0.05) is 31.2 Å². The average Bonchev–Trinajstić information content (AvgIpc) is 2.23. The van der Waals surface area contributed by atoms with Gasteiger partial charge in [0.05, 0.1) is 11.8 Å². The van der Waals surface area contributed by atoms with Crippen LogP contribution in [-0.2, 0) is 16.6 Å². The molecule has 15 heavy (non-hydrogen) atoms. The zero-order valence-electron chi connectivity index (χ0n) is 9.06. The molecule has 0 aliphatic rings. The average molecular weight is 221 g/mol. The molecule has 3 heteroatoms. The van der Waals surface area contributed by atoms with Gasteiger partial charge in [0.1, 0.15) is 5.25 Å². The highest BCUT2D eigenvalue weighted by molar-refractivity contribution is 7.85. The first-order chi connectivity index (χ1) is 7.19. The smallest absolute Gasteiger partial charge is 0.121 e. The fourth-order valence-electron chi connectivity index (χ4n) is 1.36. The van der Waals surface area contributed by atoms with E-state index < -0.39 is 10.8 Å². The minimum Gasteiger partial charge on any atom is -0.258 e. The first-order valence-corrected chi connectivity index (χ1v) is 6.38.